The summed E-state index contributed by atoms with van der Waals surface area (Å²) in [6.07, 6.45) is 4.04. The fourth-order valence-electron chi connectivity index (χ4n) is 1.75. The molecule has 0 aromatic carbocycles. The Bertz CT molecular complexity index is 361. The lowest BCUT2D eigenvalue weighted by Gasteiger charge is -2.22. The fourth-order valence-corrected chi connectivity index (χ4v) is 2.70. The predicted octanol–water partition coefficient (Wildman–Crippen LogP) is 1.64. The minimum absolute atomic E-state index is 0. The van der Waals surface area contributed by atoms with Gasteiger partial charge in [-0.15, -0.1) is 24.8 Å². The summed E-state index contributed by atoms with van der Waals surface area (Å²) in [5.74, 6) is 2.29. The first-order valence-electron chi connectivity index (χ1n) is 5.81. The molecule has 0 saturated carbocycles. The lowest BCUT2D eigenvalue weighted by Crippen LogP contribution is -2.41. The largest absolute Gasteiger partial charge is 0.352 e. The zero-order valence-corrected chi connectivity index (χ0v) is 13.0. The van der Waals surface area contributed by atoms with Gasteiger partial charge in [0.05, 0.1) is 0 Å². The first-order chi connectivity index (χ1) is 8.34. The molecule has 1 aromatic heterocycles. The average molecular weight is 324 g/mol. The van der Waals surface area contributed by atoms with Crippen LogP contribution in [0.4, 0.5) is 0 Å². The normalized spacial score (nSPS) is 17.8. The minimum atomic E-state index is 0. The van der Waals surface area contributed by atoms with E-state index in [1.807, 2.05) is 23.9 Å². The van der Waals surface area contributed by atoms with Crippen LogP contribution in [0.15, 0.2) is 24.5 Å². The van der Waals surface area contributed by atoms with Crippen LogP contribution in [-0.4, -0.2) is 35.0 Å². The maximum atomic E-state index is 11.7. The molecular formula is C12H19Cl2N3OS. The molecule has 1 saturated heterocycles. The molecule has 2 rings (SSSR count). The van der Waals surface area contributed by atoms with E-state index in [4.69, 9.17) is 0 Å². The lowest BCUT2D eigenvalue weighted by molar-refractivity contribution is -0.121. The Kier molecular flexibility index (Phi) is 10.0. The second kappa shape index (κ2) is 10.3. The molecule has 108 valence electrons. The van der Waals surface area contributed by atoms with E-state index in [1.54, 1.807) is 12.4 Å². The van der Waals surface area contributed by atoms with Crippen LogP contribution >= 0.6 is 36.6 Å². The number of nitrogens with one attached hydrogen (secondary N) is 2. The third-order valence-electron chi connectivity index (χ3n) is 2.67. The molecule has 0 bridgehead atoms. The third kappa shape index (κ3) is 7.01. The Morgan fingerprint density at radius 1 is 1.42 bits per heavy atom. The van der Waals surface area contributed by atoms with Crippen molar-refractivity contribution < 1.29 is 4.79 Å². The number of thioether (sulfide) groups is 1. The van der Waals surface area contributed by atoms with Gasteiger partial charge in [0.25, 0.3) is 0 Å². The van der Waals surface area contributed by atoms with Crippen molar-refractivity contribution >= 4 is 42.5 Å². The minimum Gasteiger partial charge on any atom is -0.352 e. The van der Waals surface area contributed by atoms with Gasteiger partial charge in [-0.25, -0.2) is 0 Å². The lowest BCUT2D eigenvalue weighted by atomic mass is 10.2. The van der Waals surface area contributed by atoms with Gasteiger partial charge in [0, 0.05) is 49.5 Å². The van der Waals surface area contributed by atoms with Crippen molar-refractivity contribution in [1.29, 1.82) is 0 Å². The number of halogens is 2. The molecule has 1 aliphatic rings. The molecule has 19 heavy (non-hydrogen) atoms. The van der Waals surface area contributed by atoms with Crippen LogP contribution in [0.5, 0.6) is 0 Å². The number of pyridine rings is 1. The molecule has 0 spiro atoms. The highest BCUT2D eigenvalue weighted by atomic mass is 35.5. The van der Waals surface area contributed by atoms with Crippen molar-refractivity contribution in [2.24, 2.45) is 0 Å². The highest BCUT2D eigenvalue weighted by Crippen LogP contribution is 2.10. The maximum Gasteiger partial charge on any atom is 0.221 e. The molecule has 2 N–H and O–H groups in total. The third-order valence-corrected chi connectivity index (χ3v) is 3.80. The molecule has 0 aliphatic carbocycles. The summed E-state index contributed by atoms with van der Waals surface area (Å²) in [5.41, 5.74) is 1.08. The summed E-state index contributed by atoms with van der Waals surface area (Å²) in [7, 11) is 0. The SMILES string of the molecule is Cl.Cl.O=C(CC1CSCCN1)NCc1ccncc1. The standard InChI is InChI=1S/C12H17N3OS.2ClH/c16-12(7-11-9-17-6-5-14-11)15-8-10-1-3-13-4-2-10;;/h1-4,11,14H,5-9H2,(H,15,16);2*1H. The van der Waals surface area contributed by atoms with Gasteiger partial charge in [-0.05, 0) is 17.7 Å². The predicted molar refractivity (Wildman–Crippen MR) is 84.3 cm³/mol. The molecule has 4 nitrogen and oxygen atoms in total. The number of hydrogen-bond donors (Lipinski definition) is 2. The Morgan fingerprint density at radius 2 is 2.16 bits per heavy atom. The van der Waals surface area contributed by atoms with Gasteiger partial charge < -0.3 is 10.6 Å². The molecule has 1 fully saturated rings. The van der Waals surface area contributed by atoms with Crippen LogP contribution in [0.1, 0.15) is 12.0 Å². The van der Waals surface area contributed by atoms with E-state index in [0.717, 1.165) is 23.6 Å². The summed E-state index contributed by atoms with van der Waals surface area (Å²) in [5, 5.41) is 6.29. The summed E-state index contributed by atoms with van der Waals surface area (Å²) < 4.78 is 0. The average Bonchev–Trinajstić information content (AvgIpc) is 2.39. The monoisotopic (exact) mass is 323 g/mol. The Labute approximate surface area is 130 Å². The van der Waals surface area contributed by atoms with E-state index in [1.165, 1.54) is 0 Å². The summed E-state index contributed by atoms with van der Waals surface area (Å²) in [6, 6.07) is 4.15. The first kappa shape index (κ1) is 18.5. The molecular weight excluding hydrogens is 305 g/mol. The van der Waals surface area contributed by atoms with Crippen LogP contribution in [0.3, 0.4) is 0 Å². The van der Waals surface area contributed by atoms with Crippen LogP contribution in [0.25, 0.3) is 0 Å². The Morgan fingerprint density at radius 3 is 2.79 bits per heavy atom. The number of aromatic nitrogens is 1. The van der Waals surface area contributed by atoms with Gasteiger partial charge >= 0.3 is 0 Å². The molecule has 2 heterocycles. The topological polar surface area (TPSA) is 54.0 Å². The number of nitrogens with zero attached hydrogens (tertiary/aromatic N) is 1. The molecule has 1 amide bonds. The number of amides is 1. The summed E-state index contributed by atoms with van der Waals surface area (Å²) in [6.45, 7) is 1.59. The van der Waals surface area contributed by atoms with Crippen LogP contribution in [0.2, 0.25) is 0 Å². The quantitative estimate of drug-likeness (QED) is 0.884. The molecule has 0 radical (unpaired) electrons. The van der Waals surface area contributed by atoms with E-state index in [9.17, 15) is 4.79 Å². The van der Waals surface area contributed by atoms with E-state index in [2.05, 4.69) is 15.6 Å². The highest BCUT2D eigenvalue weighted by Gasteiger charge is 2.16. The summed E-state index contributed by atoms with van der Waals surface area (Å²) in [4.78, 5) is 15.6. The van der Waals surface area contributed by atoms with Crippen LogP contribution in [-0.2, 0) is 11.3 Å². The van der Waals surface area contributed by atoms with E-state index in [-0.39, 0.29) is 30.7 Å². The van der Waals surface area contributed by atoms with E-state index in [0.29, 0.717) is 19.0 Å². The smallest absolute Gasteiger partial charge is 0.221 e. The van der Waals surface area contributed by atoms with Crippen molar-refractivity contribution in [2.45, 2.75) is 19.0 Å². The number of carbonyl (C=O) groups excluding carboxylic acids is 1. The zero-order valence-electron chi connectivity index (χ0n) is 10.5. The second-order valence-corrected chi connectivity index (χ2v) is 5.21. The van der Waals surface area contributed by atoms with Gasteiger partial charge in [-0.1, -0.05) is 0 Å². The maximum absolute atomic E-state index is 11.7. The summed E-state index contributed by atoms with van der Waals surface area (Å²) >= 11 is 1.91. The second-order valence-electron chi connectivity index (χ2n) is 4.06. The number of carbonyl (C=O) groups is 1. The molecule has 1 atom stereocenters. The van der Waals surface area contributed by atoms with E-state index < -0.39 is 0 Å². The van der Waals surface area contributed by atoms with Gasteiger partial charge in [-0.3, -0.25) is 9.78 Å². The van der Waals surface area contributed by atoms with Crippen molar-refractivity contribution in [3.8, 4) is 0 Å². The molecule has 1 aromatic rings. The van der Waals surface area contributed by atoms with Crippen molar-refractivity contribution in [3.63, 3.8) is 0 Å². The van der Waals surface area contributed by atoms with E-state index >= 15 is 0 Å². The van der Waals surface area contributed by atoms with Crippen molar-refractivity contribution in [3.05, 3.63) is 30.1 Å². The fraction of sp³-hybridized carbons (Fsp3) is 0.500. The highest BCUT2D eigenvalue weighted by molar-refractivity contribution is 7.99. The van der Waals surface area contributed by atoms with Gasteiger partial charge in [0.15, 0.2) is 0 Å². The molecule has 1 unspecified atom stereocenters. The zero-order chi connectivity index (χ0) is 11.9. The van der Waals surface area contributed by atoms with Crippen LogP contribution < -0.4 is 10.6 Å². The van der Waals surface area contributed by atoms with Crippen molar-refractivity contribution in [2.75, 3.05) is 18.1 Å². The van der Waals surface area contributed by atoms with Gasteiger partial charge in [-0.2, -0.15) is 11.8 Å². The van der Waals surface area contributed by atoms with Crippen molar-refractivity contribution in [1.82, 2.24) is 15.6 Å². The van der Waals surface area contributed by atoms with Crippen LogP contribution in [0, 0.1) is 0 Å². The first-order valence-corrected chi connectivity index (χ1v) is 6.97. The number of rotatable bonds is 4. The Hall–Kier alpha value is -0.490. The Balaban J connectivity index is 0.00000162. The number of hydrogen-bond acceptors (Lipinski definition) is 4. The molecule has 1 aliphatic heterocycles. The van der Waals surface area contributed by atoms with Gasteiger partial charge in [0.2, 0.25) is 5.91 Å². The molecule has 7 heteroatoms. The van der Waals surface area contributed by atoms with Gasteiger partial charge in [0.1, 0.15) is 0 Å².